The molecule has 0 spiro atoms. The van der Waals surface area contributed by atoms with Crippen molar-refractivity contribution in [3.8, 4) is 5.75 Å². The predicted octanol–water partition coefficient (Wildman–Crippen LogP) is 0.685. The normalized spacial score (nSPS) is 27.0. The van der Waals surface area contributed by atoms with E-state index in [0.29, 0.717) is 17.7 Å². The first-order chi connectivity index (χ1) is 17.6. The highest BCUT2D eigenvalue weighted by atomic mass is 16.3. The third-order valence-corrected chi connectivity index (χ3v) is 7.96. The Kier molecular flexibility index (Phi) is 6.84. The van der Waals surface area contributed by atoms with Crippen molar-refractivity contribution in [3.05, 3.63) is 45.4 Å². The van der Waals surface area contributed by atoms with E-state index in [4.69, 9.17) is 5.73 Å². The van der Waals surface area contributed by atoms with Gasteiger partial charge in [-0.25, -0.2) is 0 Å². The number of primary amides is 1. The van der Waals surface area contributed by atoms with Crippen molar-refractivity contribution in [3.63, 3.8) is 0 Å². The Bertz CT molecular complexity index is 1300. The molecule has 3 aliphatic rings. The summed E-state index contributed by atoms with van der Waals surface area (Å²) in [5.41, 5.74) is 3.56. The molecule has 0 saturated carbocycles. The van der Waals surface area contributed by atoms with Crippen molar-refractivity contribution in [1.29, 1.82) is 0 Å². The Balaban J connectivity index is 1.95. The van der Waals surface area contributed by atoms with Gasteiger partial charge in [0.05, 0.1) is 11.6 Å². The fourth-order valence-electron chi connectivity index (χ4n) is 6.20. The van der Waals surface area contributed by atoms with Gasteiger partial charge in [0.15, 0.2) is 11.4 Å². The van der Waals surface area contributed by atoms with E-state index in [1.807, 2.05) is 38.9 Å². The molecule has 1 aromatic carbocycles. The number of hydrogen-bond acceptors (Lipinski definition) is 10. The fourth-order valence-corrected chi connectivity index (χ4v) is 6.20. The molecule has 3 aliphatic carbocycles. The van der Waals surface area contributed by atoms with Crippen LogP contribution in [0.15, 0.2) is 28.7 Å². The number of aliphatic hydroxyl groups is 3. The molecule has 1 aromatic rings. The number of phenolic OH excluding ortho intramolecular Hbond substituents is 1. The molecule has 0 fully saturated rings. The first-order valence-corrected chi connectivity index (χ1v) is 12.6. The molecule has 0 radical (unpaired) electrons. The molecule has 0 unspecified atom stereocenters. The second-order valence-corrected chi connectivity index (χ2v) is 11.2. The van der Waals surface area contributed by atoms with Gasteiger partial charge in [-0.05, 0) is 44.5 Å². The Morgan fingerprint density at radius 1 is 1.18 bits per heavy atom. The van der Waals surface area contributed by atoms with Crippen LogP contribution in [-0.2, 0) is 22.6 Å². The van der Waals surface area contributed by atoms with E-state index in [9.17, 15) is 34.8 Å². The zero-order valence-electron chi connectivity index (χ0n) is 22.5. The topological polar surface area (TPSA) is 177 Å². The molecule has 4 rings (SSSR count). The number of rotatable bonds is 6. The number of aliphatic hydroxyl groups excluding tert-OH is 2. The Morgan fingerprint density at radius 2 is 1.82 bits per heavy atom. The highest BCUT2D eigenvalue weighted by molar-refractivity contribution is 6.24. The number of nitrogens with one attached hydrogen (secondary N) is 1. The number of aromatic hydroxyl groups is 1. The molecule has 4 atom stereocenters. The number of nitrogens with two attached hydrogens (primary N) is 1. The Labute approximate surface area is 221 Å². The van der Waals surface area contributed by atoms with Crippen LogP contribution in [0.5, 0.6) is 5.75 Å². The molecule has 11 nitrogen and oxygen atoms in total. The van der Waals surface area contributed by atoms with Gasteiger partial charge in [0.25, 0.3) is 5.91 Å². The van der Waals surface area contributed by atoms with Gasteiger partial charge in [0.2, 0.25) is 5.78 Å². The maximum Gasteiger partial charge on any atom is 0.255 e. The molecule has 38 heavy (non-hydrogen) atoms. The van der Waals surface area contributed by atoms with E-state index in [1.165, 1.54) is 4.90 Å². The zero-order valence-corrected chi connectivity index (χ0v) is 22.5. The molecule has 0 saturated heterocycles. The maximum absolute atomic E-state index is 14.0. The predicted molar refractivity (Wildman–Crippen MR) is 140 cm³/mol. The summed E-state index contributed by atoms with van der Waals surface area (Å²) in [6, 6.07) is 0.924. The molecule has 1 amide bonds. The van der Waals surface area contributed by atoms with Crippen LogP contribution in [0.4, 0.5) is 5.69 Å². The number of anilines is 1. The van der Waals surface area contributed by atoms with Crippen LogP contribution in [0.2, 0.25) is 0 Å². The first-order valence-electron chi connectivity index (χ1n) is 12.6. The summed E-state index contributed by atoms with van der Waals surface area (Å²) in [5, 5.41) is 48.4. The van der Waals surface area contributed by atoms with Crippen LogP contribution in [0, 0.1) is 11.8 Å². The first kappa shape index (κ1) is 27.6. The van der Waals surface area contributed by atoms with Crippen molar-refractivity contribution in [2.75, 3.05) is 33.1 Å². The van der Waals surface area contributed by atoms with Gasteiger partial charge in [-0.15, -0.1) is 0 Å². The number of carbonyl (C=O) groups is 3. The summed E-state index contributed by atoms with van der Waals surface area (Å²) >= 11 is 0. The number of nitrogens with zero attached hydrogens (tertiary/aromatic N) is 2. The van der Waals surface area contributed by atoms with Crippen LogP contribution in [0.25, 0.3) is 0 Å². The second-order valence-electron chi connectivity index (χ2n) is 11.2. The number of likely N-dealkylation sites (N-methyl/N-ethyl adjacent to an activating group) is 1. The van der Waals surface area contributed by atoms with Crippen molar-refractivity contribution < 1.29 is 34.8 Å². The summed E-state index contributed by atoms with van der Waals surface area (Å²) in [4.78, 5) is 42.9. The number of allylic oxidation sites excluding steroid dienone is 1. The lowest BCUT2D eigenvalue weighted by Crippen LogP contribution is -2.63. The van der Waals surface area contributed by atoms with Gasteiger partial charge in [-0.1, -0.05) is 13.8 Å². The number of carbonyl (C=O) groups excluding carboxylic acids is 3. The number of fused-ring (bicyclic) bond motifs is 3. The van der Waals surface area contributed by atoms with Gasteiger partial charge in [0.1, 0.15) is 22.8 Å². The summed E-state index contributed by atoms with van der Waals surface area (Å²) < 4.78 is 0. The van der Waals surface area contributed by atoms with Crippen molar-refractivity contribution in [2.45, 2.75) is 50.9 Å². The Hall–Kier alpha value is -3.41. The van der Waals surface area contributed by atoms with Crippen LogP contribution < -0.4 is 16.0 Å². The molecule has 0 heterocycles. The molecule has 7 N–H and O–H groups in total. The average Bonchev–Trinajstić information content (AvgIpc) is 2.80. The highest BCUT2D eigenvalue weighted by Crippen LogP contribution is 2.53. The van der Waals surface area contributed by atoms with E-state index in [0.717, 1.165) is 5.69 Å². The van der Waals surface area contributed by atoms with Crippen LogP contribution in [-0.4, -0.2) is 88.7 Å². The fraction of sp³-hybridized carbons (Fsp3) is 0.519. The van der Waals surface area contributed by atoms with Crippen molar-refractivity contribution in [1.82, 2.24) is 10.2 Å². The van der Waals surface area contributed by atoms with E-state index in [2.05, 4.69) is 5.32 Å². The summed E-state index contributed by atoms with van der Waals surface area (Å²) in [6.07, 6.45) is 0.295. The average molecular weight is 529 g/mol. The van der Waals surface area contributed by atoms with Crippen molar-refractivity contribution >= 4 is 23.2 Å². The molecule has 206 valence electrons. The standard InChI is InChI=1S/C27H36N4O7/c1-11(2)29-10-13-9-16(30(3)4)14-7-12-8-15-20(31(5)6)23(34)19(26(28)37)25(36)27(15,38)24(35)17(12)22(33)18(14)21(13)32/h9,11-12,15,20,29,32,34-35,38H,7-8,10H2,1-6H3,(H2,28,37)/t12-,15-,20-,27+/m1/s1. The van der Waals surface area contributed by atoms with Crippen LogP contribution in [0.1, 0.15) is 41.8 Å². The number of hydrogen-bond donors (Lipinski definition) is 6. The summed E-state index contributed by atoms with van der Waals surface area (Å²) in [5.74, 6) is -6.54. The smallest absolute Gasteiger partial charge is 0.255 e. The largest absolute Gasteiger partial charge is 0.510 e. The van der Waals surface area contributed by atoms with Gasteiger partial charge >= 0.3 is 0 Å². The molecule has 11 heteroatoms. The quantitative estimate of drug-likeness (QED) is 0.288. The minimum Gasteiger partial charge on any atom is -0.510 e. The second kappa shape index (κ2) is 9.40. The monoisotopic (exact) mass is 528 g/mol. The number of benzene rings is 1. The summed E-state index contributed by atoms with van der Waals surface area (Å²) in [7, 11) is 6.86. The van der Waals surface area contributed by atoms with E-state index >= 15 is 0 Å². The van der Waals surface area contributed by atoms with Crippen molar-refractivity contribution in [2.24, 2.45) is 17.6 Å². The number of amides is 1. The van der Waals surface area contributed by atoms with Crippen LogP contribution in [0.3, 0.4) is 0 Å². The van der Waals surface area contributed by atoms with Gasteiger partial charge < -0.3 is 36.4 Å². The molecular formula is C27H36N4O7. The minimum absolute atomic E-state index is 0.0116. The Morgan fingerprint density at radius 3 is 2.34 bits per heavy atom. The molecule has 0 aliphatic heterocycles. The summed E-state index contributed by atoms with van der Waals surface area (Å²) in [6.45, 7) is 4.20. The number of ketones is 2. The van der Waals surface area contributed by atoms with Gasteiger partial charge in [0, 0.05) is 49.4 Å². The lowest BCUT2D eigenvalue weighted by Gasteiger charge is -2.50. The molecule has 0 aromatic heterocycles. The van der Waals surface area contributed by atoms with Crippen LogP contribution >= 0.6 is 0 Å². The zero-order chi connectivity index (χ0) is 28.4. The maximum atomic E-state index is 14.0. The molecular weight excluding hydrogens is 492 g/mol. The van der Waals surface area contributed by atoms with E-state index < -0.39 is 58.0 Å². The number of phenols is 1. The minimum atomic E-state index is -2.65. The number of Topliss-reactive ketones (excluding diaryl/α,β-unsaturated/α-hetero) is 2. The SMILES string of the molecule is CC(C)NCc1cc(N(C)C)c2c(c1O)C(=O)C1=C(O)[C@]3(O)C(=O)C(C(N)=O)=C(O)[C@H](N(C)C)[C@H]3C[C@H]1C2. The lowest BCUT2D eigenvalue weighted by molar-refractivity contribution is -0.148. The third kappa shape index (κ3) is 3.88. The van der Waals surface area contributed by atoms with E-state index in [1.54, 1.807) is 14.1 Å². The van der Waals surface area contributed by atoms with E-state index in [-0.39, 0.29) is 35.8 Å². The molecule has 0 bridgehead atoms. The lowest BCUT2D eigenvalue weighted by atomic mass is 9.58. The third-order valence-electron chi connectivity index (χ3n) is 7.96. The highest BCUT2D eigenvalue weighted by Gasteiger charge is 2.63. The van der Waals surface area contributed by atoms with Gasteiger partial charge in [-0.3, -0.25) is 19.3 Å². The van der Waals surface area contributed by atoms with Gasteiger partial charge in [-0.2, -0.15) is 0 Å².